The Hall–Kier alpha value is -1.51. The van der Waals surface area contributed by atoms with Crippen LogP contribution in [0, 0.1) is 0 Å². The molecule has 2 aromatic rings. The molecule has 0 fully saturated rings. The maximum atomic E-state index is 6.21. The van der Waals surface area contributed by atoms with Crippen LogP contribution < -0.4 is 5.73 Å². The van der Waals surface area contributed by atoms with Crippen molar-refractivity contribution in [3.05, 3.63) is 64.2 Å². The zero-order valence-corrected chi connectivity index (χ0v) is 12.8. The molecule has 0 unspecified atom stereocenters. The van der Waals surface area contributed by atoms with Crippen LogP contribution in [0.4, 0.5) is 5.69 Å². The molecule has 0 atom stereocenters. The fourth-order valence-corrected chi connectivity index (χ4v) is 2.48. The summed E-state index contributed by atoms with van der Waals surface area (Å²) in [4.78, 5) is 2.25. The van der Waals surface area contributed by atoms with Crippen molar-refractivity contribution in [1.29, 1.82) is 0 Å². The minimum Gasteiger partial charge on any atom is -0.399 e. The van der Waals surface area contributed by atoms with Crippen LogP contribution in [0.3, 0.4) is 0 Å². The van der Waals surface area contributed by atoms with Gasteiger partial charge in [-0.25, -0.2) is 0 Å². The van der Waals surface area contributed by atoms with Gasteiger partial charge in [0.2, 0.25) is 0 Å². The second-order valence-corrected chi connectivity index (χ2v) is 5.60. The minimum atomic E-state index is 0.705. The standard InChI is InChI=1S/C17H21ClN2/c1-3-13-4-6-14(7-5-13)11-20(2)12-15-8-9-16(19)10-17(15)18/h4-10H,3,11-12,19H2,1-2H3. The van der Waals surface area contributed by atoms with Gasteiger partial charge in [0.15, 0.2) is 0 Å². The second-order valence-electron chi connectivity index (χ2n) is 5.19. The summed E-state index contributed by atoms with van der Waals surface area (Å²) in [5, 5.41) is 0.734. The molecule has 0 aliphatic heterocycles. The van der Waals surface area contributed by atoms with Crippen LogP contribution in [0.5, 0.6) is 0 Å². The van der Waals surface area contributed by atoms with E-state index in [9.17, 15) is 0 Å². The Kier molecular flexibility index (Phi) is 5.05. The number of nitrogens with zero attached hydrogens (tertiary/aromatic N) is 1. The number of hydrogen-bond acceptors (Lipinski definition) is 2. The lowest BCUT2D eigenvalue weighted by atomic mass is 10.1. The summed E-state index contributed by atoms with van der Waals surface area (Å²) in [6, 6.07) is 14.5. The number of halogens is 1. The molecule has 0 aromatic heterocycles. The number of hydrogen-bond donors (Lipinski definition) is 1. The minimum absolute atomic E-state index is 0.705. The number of anilines is 1. The average molecular weight is 289 g/mol. The van der Waals surface area contributed by atoms with Crippen molar-refractivity contribution in [2.24, 2.45) is 0 Å². The summed E-state index contributed by atoms with van der Waals surface area (Å²) in [6.07, 6.45) is 1.08. The molecule has 2 rings (SSSR count). The first-order chi connectivity index (χ1) is 9.58. The lowest BCUT2D eigenvalue weighted by molar-refractivity contribution is 0.319. The molecule has 0 aliphatic carbocycles. The maximum absolute atomic E-state index is 6.21. The Morgan fingerprint density at radius 1 is 1.00 bits per heavy atom. The second kappa shape index (κ2) is 6.78. The van der Waals surface area contributed by atoms with Crippen molar-refractivity contribution in [1.82, 2.24) is 4.90 Å². The molecule has 0 bridgehead atoms. The van der Waals surface area contributed by atoms with Crippen molar-refractivity contribution in [3.8, 4) is 0 Å². The van der Waals surface area contributed by atoms with E-state index in [1.807, 2.05) is 12.1 Å². The van der Waals surface area contributed by atoms with Crippen molar-refractivity contribution < 1.29 is 0 Å². The predicted molar refractivity (Wildman–Crippen MR) is 86.9 cm³/mol. The van der Waals surface area contributed by atoms with Gasteiger partial charge in [0.25, 0.3) is 0 Å². The van der Waals surface area contributed by atoms with Gasteiger partial charge < -0.3 is 5.73 Å². The van der Waals surface area contributed by atoms with Crippen LogP contribution in [0.15, 0.2) is 42.5 Å². The van der Waals surface area contributed by atoms with Gasteiger partial charge in [-0.1, -0.05) is 48.9 Å². The third kappa shape index (κ3) is 3.99. The quantitative estimate of drug-likeness (QED) is 0.839. The summed E-state index contributed by atoms with van der Waals surface area (Å²) in [6.45, 7) is 3.89. The molecule has 2 N–H and O–H groups in total. The molecule has 20 heavy (non-hydrogen) atoms. The van der Waals surface area contributed by atoms with Crippen LogP contribution >= 0.6 is 11.6 Å². The fraction of sp³-hybridized carbons (Fsp3) is 0.294. The van der Waals surface area contributed by atoms with Crippen LogP contribution in [0.25, 0.3) is 0 Å². The summed E-state index contributed by atoms with van der Waals surface area (Å²) < 4.78 is 0. The highest BCUT2D eigenvalue weighted by Gasteiger charge is 2.06. The van der Waals surface area contributed by atoms with Gasteiger partial charge >= 0.3 is 0 Å². The van der Waals surface area contributed by atoms with E-state index in [1.54, 1.807) is 6.07 Å². The smallest absolute Gasteiger partial charge is 0.0471 e. The van der Waals surface area contributed by atoms with Crippen molar-refractivity contribution in [2.75, 3.05) is 12.8 Å². The number of rotatable bonds is 5. The first-order valence-corrected chi connectivity index (χ1v) is 7.26. The van der Waals surface area contributed by atoms with Crippen LogP contribution in [-0.2, 0) is 19.5 Å². The van der Waals surface area contributed by atoms with E-state index < -0.39 is 0 Å². The molecule has 2 nitrogen and oxygen atoms in total. The summed E-state index contributed by atoms with van der Waals surface area (Å²) in [7, 11) is 2.10. The summed E-state index contributed by atoms with van der Waals surface area (Å²) in [5.41, 5.74) is 10.2. The van der Waals surface area contributed by atoms with E-state index in [-0.39, 0.29) is 0 Å². The Morgan fingerprint density at radius 2 is 1.65 bits per heavy atom. The number of nitrogen functional groups attached to an aromatic ring is 1. The molecule has 0 spiro atoms. The summed E-state index contributed by atoms with van der Waals surface area (Å²) >= 11 is 6.21. The molecule has 2 aromatic carbocycles. The zero-order chi connectivity index (χ0) is 14.5. The zero-order valence-electron chi connectivity index (χ0n) is 12.1. The molecular formula is C17H21ClN2. The topological polar surface area (TPSA) is 29.3 Å². The highest BCUT2D eigenvalue weighted by Crippen LogP contribution is 2.21. The first-order valence-electron chi connectivity index (χ1n) is 6.88. The molecule has 0 heterocycles. The van der Waals surface area contributed by atoms with Crippen LogP contribution in [0.2, 0.25) is 5.02 Å². The van der Waals surface area contributed by atoms with Gasteiger partial charge in [-0.15, -0.1) is 0 Å². The Bertz CT molecular complexity index is 564. The van der Waals surface area contributed by atoms with Gasteiger partial charge in [0.1, 0.15) is 0 Å². The Balaban J connectivity index is 1.99. The lowest BCUT2D eigenvalue weighted by Gasteiger charge is -2.18. The Labute approximate surface area is 126 Å². The highest BCUT2D eigenvalue weighted by molar-refractivity contribution is 6.31. The van der Waals surface area contributed by atoms with Gasteiger partial charge in [-0.2, -0.15) is 0 Å². The highest BCUT2D eigenvalue weighted by atomic mass is 35.5. The van der Waals surface area contributed by atoms with Crippen molar-refractivity contribution in [2.45, 2.75) is 26.4 Å². The SMILES string of the molecule is CCc1ccc(CN(C)Cc2ccc(N)cc2Cl)cc1. The monoisotopic (exact) mass is 288 g/mol. The van der Waals surface area contributed by atoms with Gasteiger partial charge in [-0.05, 0) is 42.3 Å². The average Bonchev–Trinajstić information content (AvgIpc) is 2.43. The van der Waals surface area contributed by atoms with Gasteiger partial charge in [-0.3, -0.25) is 4.90 Å². The molecule has 0 amide bonds. The van der Waals surface area contributed by atoms with E-state index in [2.05, 4.69) is 43.1 Å². The van der Waals surface area contributed by atoms with Crippen molar-refractivity contribution >= 4 is 17.3 Å². The number of benzene rings is 2. The van der Waals surface area contributed by atoms with Gasteiger partial charge in [0.05, 0.1) is 0 Å². The predicted octanol–water partition coefficient (Wildman–Crippen LogP) is 4.12. The molecule has 0 aliphatic rings. The van der Waals surface area contributed by atoms with E-state index in [0.717, 1.165) is 30.1 Å². The van der Waals surface area contributed by atoms with Crippen LogP contribution in [0.1, 0.15) is 23.6 Å². The molecule has 3 heteroatoms. The largest absolute Gasteiger partial charge is 0.399 e. The maximum Gasteiger partial charge on any atom is 0.0471 e. The molecular weight excluding hydrogens is 268 g/mol. The summed E-state index contributed by atoms with van der Waals surface area (Å²) in [5.74, 6) is 0. The van der Waals surface area contributed by atoms with E-state index in [0.29, 0.717) is 5.69 Å². The third-order valence-electron chi connectivity index (χ3n) is 3.40. The number of nitrogens with two attached hydrogens (primary N) is 1. The third-order valence-corrected chi connectivity index (χ3v) is 3.75. The van der Waals surface area contributed by atoms with Crippen LogP contribution in [-0.4, -0.2) is 11.9 Å². The van der Waals surface area contributed by atoms with E-state index >= 15 is 0 Å². The first kappa shape index (κ1) is 14.9. The molecule has 0 saturated heterocycles. The Morgan fingerprint density at radius 3 is 2.25 bits per heavy atom. The van der Waals surface area contributed by atoms with E-state index in [4.69, 9.17) is 17.3 Å². The molecule has 0 saturated carbocycles. The lowest BCUT2D eigenvalue weighted by Crippen LogP contribution is -2.17. The fourth-order valence-electron chi connectivity index (χ4n) is 2.23. The molecule has 0 radical (unpaired) electrons. The van der Waals surface area contributed by atoms with Crippen molar-refractivity contribution in [3.63, 3.8) is 0 Å². The van der Waals surface area contributed by atoms with Gasteiger partial charge in [0, 0.05) is 23.8 Å². The normalized spacial score (nSPS) is 11.0. The van der Waals surface area contributed by atoms with E-state index in [1.165, 1.54) is 11.1 Å². The number of aryl methyl sites for hydroxylation is 1. The molecule has 106 valence electrons.